The lowest BCUT2D eigenvalue weighted by Gasteiger charge is -2.31. The number of carbonyl (C=O) groups excluding carboxylic acids is 2. The van der Waals surface area contributed by atoms with Gasteiger partial charge in [0, 0.05) is 30.8 Å². The maximum Gasteiger partial charge on any atom is 0.253 e. The van der Waals surface area contributed by atoms with Crippen molar-refractivity contribution in [3.05, 3.63) is 35.4 Å². The molecular formula is C17H25N3O2. The molecule has 0 saturated carbocycles. The Morgan fingerprint density at radius 3 is 2.64 bits per heavy atom. The number of benzene rings is 1. The normalized spacial score (nSPS) is 15.4. The van der Waals surface area contributed by atoms with Gasteiger partial charge in [-0.15, -0.1) is 0 Å². The second kappa shape index (κ2) is 7.94. The van der Waals surface area contributed by atoms with Gasteiger partial charge in [0.25, 0.3) is 11.8 Å². The van der Waals surface area contributed by atoms with E-state index in [1.165, 1.54) is 0 Å². The fraction of sp³-hybridized carbons (Fsp3) is 0.529. The Labute approximate surface area is 132 Å². The monoisotopic (exact) mass is 303 g/mol. The molecule has 1 aliphatic rings. The van der Waals surface area contributed by atoms with Crippen LogP contribution in [0.1, 0.15) is 46.9 Å². The van der Waals surface area contributed by atoms with Crippen molar-refractivity contribution in [1.29, 1.82) is 0 Å². The summed E-state index contributed by atoms with van der Waals surface area (Å²) in [6.45, 7) is 4.55. The van der Waals surface area contributed by atoms with Gasteiger partial charge in [-0.2, -0.15) is 0 Å². The number of piperidine rings is 1. The number of carbonyl (C=O) groups is 2. The second-order valence-corrected chi connectivity index (χ2v) is 5.73. The maximum atomic E-state index is 12.6. The minimum atomic E-state index is -0.124. The molecule has 22 heavy (non-hydrogen) atoms. The summed E-state index contributed by atoms with van der Waals surface area (Å²) in [6.07, 6.45) is 2.83. The summed E-state index contributed by atoms with van der Waals surface area (Å²) in [4.78, 5) is 26.4. The van der Waals surface area contributed by atoms with Gasteiger partial charge in [-0.05, 0) is 50.6 Å². The van der Waals surface area contributed by atoms with E-state index in [4.69, 9.17) is 0 Å². The van der Waals surface area contributed by atoms with Crippen molar-refractivity contribution >= 4 is 11.8 Å². The number of nitrogens with zero attached hydrogens (tertiary/aromatic N) is 1. The van der Waals surface area contributed by atoms with Crippen LogP contribution in [-0.4, -0.2) is 49.4 Å². The molecule has 0 atom stereocenters. The van der Waals surface area contributed by atoms with Gasteiger partial charge in [-0.25, -0.2) is 0 Å². The zero-order valence-corrected chi connectivity index (χ0v) is 13.4. The van der Waals surface area contributed by atoms with Crippen LogP contribution in [0.25, 0.3) is 0 Å². The number of amides is 2. The second-order valence-electron chi connectivity index (χ2n) is 5.73. The first-order chi connectivity index (χ1) is 10.6. The first-order valence-electron chi connectivity index (χ1n) is 7.99. The summed E-state index contributed by atoms with van der Waals surface area (Å²) in [7, 11) is 1.85. The topological polar surface area (TPSA) is 61.4 Å². The highest BCUT2D eigenvalue weighted by Gasteiger charge is 2.23. The van der Waals surface area contributed by atoms with Crippen molar-refractivity contribution in [2.75, 3.05) is 26.7 Å². The van der Waals surface area contributed by atoms with Crippen molar-refractivity contribution < 1.29 is 9.59 Å². The fourth-order valence-electron chi connectivity index (χ4n) is 2.70. The molecule has 1 aromatic rings. The molecule has 1 aliphatic heterocycles. The van der Waals surface area contributed by atoms with Crippen LogP contribution >= 0.6 is 0 Å². The van der Waals surface area contributed by atoms with Crippen LogP contribution < -0.4 is 10.6 Å². The average molecular weight is 303 g/mol. The summed E-state index contributed by atoms with van der Waals surface area (Å²) in [6, 6.07) is 7.24. The first kappa shape index (κ1) is 16.5. The van der Waals surface area contributed by atoms with E-state index >= 15 is 0 Å². The van der Waals surface area contributed by atoms with Gasteiger partial charge in [0.05, 0.1) is 0 Å². The Morgan fingerprint density at radius 2 is 1.95 bits per heavy atom. The standard InChI is InChI=1S/C17H25N3O2/c1-3-9-19-16(21)13-5-4-6-14(12-13)17(22)20(2)15-7-10-18-11-8-15/h4-6,12,15,18H,3,7-11H2,1-2H3,(H,19,21). The van der Waals surface area contributed by atoms with Crippen LogP contribution in [0.3, 0.4) is 0 Å². The molecular weight excluding hydrogens is 278 g/mol. The van der Waals surface area contributed by atoms with Gasteiger partial charge < -0.3 is 15.5 Å². The van der Waals surface area contributed by atoms with Crippen molar-refractivity contribution in [2.24, 2.45) is 0 Å². The third-order valence-electron chi connectivity index (χ3n) is 4.08. The fourth-order valence-corrected chi connectivity index (χ4v) is 2.70. The molecule has 5 heteroatoms. The van der Waals surface area contributed by atoms with Crippen molar-refractivity contribution in [1.82, 2.24) is 15.5 Å². The average Bonchev–Trinajstić information content (AvgIpc) is 2.59. The Kier molecular flexibility index (Phi) is 5.95. The van der Waals surface area contributed by atoms with E-state index in [2.05, 4.69) is 10.6 Å². The zero-order chi connectivity index (χ0) is 15.9. The van der Waals surface area contributed by atoms with Gasteiger partial charge in [-0.3, -0.25) is 9.59 Å². The lowest BCUT2D eigenvalue weighted by atomic mass is 10.0. The Bertz CT molecular complexity index is 524. The molecule has 0 radical (unpaired) electrons. The Hall–Kier alpha value is -1.88. The quantitative estimate of drug-likeness (QED) is 0.869. The van der Waals surface area contributed by atoms with Crippen LogP contribution in [0.4, 0.5) is 0 Å². The van der Waals surface area contributed by atoms with Gasteiger partial charge >= 0.3 is 0 Å². The van der Waals surface area contributed by atoms with Crippen molar-refractivity contribution in [2.45, 2.75) is 32.2 Å². The van der Waals surface area contributed by atoms with Crippen LogP contribution in [0.15, 0.2) is 24.3 Å². The molecule has 0 aromatic heterocycles. The molecule has 5 nitrogen and oxygen atoms in total. The minimum Gasteiger partial charge on any atom is -0.352 e. The number of rotatable bonds is 5. The summed E-state index contributed by atoms with van der Waals surface area (Å²) in [5.74, 6) is -0.141. The van der Waals surface area contributed by atoms with E-state index in [0.717, 1.165) is 32.4 Å². The zero-order valence-electron chi connectivity index (χ0n) is 13.4. The highest BCUT2D eigenvalue weighted by Crippen LogP contribution is 2.15. The lowest BCUT2D eigenvalue weighted by molar-refractivity contribution is 0.0703. The molecule has 1 fully saturated rings. The molecule has 2 rings (SSSR count). The Balaban J connectivity index is 2.07. The van der Waals surface area contributed by atoms with Crippen molar-refractivity contribution in [3.63, 3.8) is 0 Å². The maximum absolute atomic E-state index is 12.6. The summed E-state index contributed by atoms with van der Waals surface area (Å²) < 4.78 is 0. The van der Waals surface area contributed by atoms with Gasteiger partial charge in [0.1, 0.15) is 0 Å². The van der Waals surface area contributed by atoms with E-state index in [9.17, 15) is 9.59 Å². The highest BCUT2D eigenvalue weighted by atomic mass is 16.2. The summed E-state index contributed by atoms with van der Waals surface area (Å²) in [5, 5.41) is 6.14. The van der Waals surface area contributed by atoms with E-state index in [-0.39, 0.29) is 17.9 Å². The number of hydrogen-bond acceptors (Lipinski definition) is 3. The van der Waals surface area contributed by atoms with E-state index in [1.54, 1.807) is 24.3 Å². The molecule has 0 bridgehead atoms. The molecule has 1 heterocycles. The summed E-state index contributed by atoms with van der Waals surface area (Å²) in [5.41, 5.74) is 1.11. The molecule has 2 amide bonds. The molecule has 120 valence electrons. The largest absolute Gasteiger partial charge is 0.352 e. The molecule has 0 unspecified atom stereocenters. The van der Waals surface area contributed by atoms with E-state index in [1.807, 2.05) is 18.9 Å². The lowest BCUT2D eigenvalue weighted by Crippen LogP contribution is -2.44. The molecule has 0 aliphatic carbocycles. The molecule has 0 spiro atoms. The SMILES string of the molecule is CCCNC(=O)c1cccc(C(=O)N(C)C2CCNCC2)c1. The molecule has 1 aromatic carbocycles. The van der Waals surface area contributed by atoms with Crippen LogP contribution in [0.5, 0.6) is 0 Å². The number of nitrogens with one attached hydrogen (secondary N) is 2. The molecule has 2 N–H and O–H groups in total. The van der Waals surface area contributed by atoms with E-state index in [0.29, 0.717) is 17.7 Å². The van der Waals surface area contributed by atoms with Crippen LogP contribution in [0.2, 0.25) is 0 Å². The third kappa shape index (κ3) is 4.07. The van der Waals surface area contributed by atoms with Gasteiger partial charge in [-0.1, -0.05) is 13.0 Å². The third-order valence-corrected chi connectivity index (χ3v) is 4.08. The van der Waals surface area contributed by atoms with Gasteiger partial charge in [0.15, 0.2) is 0 Å². The minimum absolute atomic E-state index is 0.0166. The first-order valence-corrected chi connectivity index (χ1v) is 7.99. The molecule has 1 saturated heterocycles. The predicted octanol–water partition coefficient (Wildman–Crippen LogP) is 1.65. The predicted molar refractivity (Wildman–Crippen MR) is 87.1 cm³/mol. The number of hydrogen-bond donors (Lipinski definition) is 2. The van der Waals surface area contributed by atoms with Crippen LogP contribution in [0, 0.1) is 0 Å². The van der Waals surface area contributed by atoms with Crippen LogP contribution in [-0.2, 0) is 0 Å². The van der Waals surface area contributed by atoms with E-state index < -0.39 is 0 Å². The van der Waals surface area contributed by atoms with Gasteiger partial charge in [0.2, 0.25) is 0 Å². The van der Waals surface area contributed by atoms with Crippen molar-refractivity contribution in [3.8, 4) is 0 Å². The smallest absolute Gasteiger partial charge is 0.253 e. The highest BCUT2D eigenvalue weighted by molar-refractivity contribution is 5.99. The summed E-state index contributed by atoms with van der Waals surface area (Å²) >= 11 is 0. The Morgan fingerprint density at radius 1 is 1.27 bits per heavy atom.